The van der Waals surface area contributed by atoms with Crippen molar-refractivity contribution in [2.45, 2.75) is 31.8 Å². The van der Waals surface area contributed by atoms with E-state index >= 15 is 0 Å². The van der Waals surface area contributed by atoms with Crippen molar-refractivity contribution in [2.75, 3.05) is 20.6 Å². The first kappa shape index (κ1) is 17.1. The fraction of sp³-hybridized carbons (Fsp3) is 0.421. The number of nitrogens with zero attached hydrogens (tertiary/aromatic N) is 2. The summed E-state index contributed by atoms with van der Waals surface area (Å²) < 4.78 is 0. The molecule has 4 nitrogen and oxygen atoms in total. The molecule has 1 N–H and O–H groups in total. The monoisotopic (exact) mass is 345 g/mol. The Labute approximate surface area is 148 Å². The number of aromatic nitrogens is 1. The first-order chi connectivity index (χ1) is 11.5. The van der Waals surface area contributed by atoms with Crippen molar-refractivity contribution in [3.05, 3.63) is 58.4 Å². The van der Waals surface area contributed by atoms with Crippen molar-refractivity contribution in [1.29, 1.82) is 0 Å². The number of aromatic amines is 1. The van der Waals surface area contributed by atoms with Crippen LogP contribution in [0, 0.1) is 0 Å². The quantitative estimate of drug-likeness (QED) is 0.906. The molecule has 1 aliphatic heterocycles. The van der Waals surface area contributed by atoms with Gasteiger partial charge in [0.1, 0.15) is 5.69 Å². The van der Waals surface area contributed by atoms with E-state index in [4.69, 9.17) is 11.6 Å². The van der Waals surface area contributed by atoms with Gasteiger partial charge in [0, 0.05) is 19.3 Å². The van der Waals surface area contributed by atoms with Gasteiger partial charge in [-0.2, -0.15) is 0 Å². The fourth-order valence-corrected chi connectivity index (χ4v) is 3.54. The molecule has 2 aromatic rings. The molecule has 0 saturated carbocycles. The Kier molecular flexibility index (Phi) is 5.27. The Hall–Kier alpha value is -1.78. The Balaban J connectivity index is 1.80. The standard InChI is InChI=1S/C19H24ClN3O/c1-22(2)13-14-6-8-15(9-7-14)18-5-3-4-10-23(18)19(24)17-11-16(20)12-21-17/h6-9,11-12,18,21H,3-5,10,13H2,1-2H3/t18-/m0/s1. The van der Waals surface area contributed by atoms with Crippen molar-refractivity contribution in [2.24, 2.45) is 0 Å². The maximum atomic E-state index is 12.8. The van der Waals surface area contributed by atoms with Gasteiger partial charge < -0.3 is 14.8 Å². The molecule has 1 amide bonds. The van der Waals surface area contributed by atoms with Gasteiger partial charge in [-0.15, -0.1) is 0 Å². The summed E-state index contributed by atoms with van der Waals surface area (Å²) in [5.41, 5.74) is 3.06. The van der Waals surface area contributed by atoms with Gasteiger partial charge in [-0.05, 0) is 50.6 Å². The van der Waals surface area contributed by atoms with Gasteiger partial charge in [-0.3, -0.25) is 4.79 Å². The summed E-state index contributed by atoms with van der Waals surface area (Å²) in [5, 5.41) is 0.569. The fourth-order valence-electron chi connectivity index (χ4n) is 3.38. The molecule has 1 atom stereocenters. The third-order valence-electron chi connectivity index (χ3n) is 4.51. The second-order valence-corrected chi connectivity index (χ2v) is 7.16. The molecule has 1 aromatic heterocycles. The molecule has 5 heteroatoms. The van der Waals surface area contributed by atoms with Crippen molar-refractivity contribution < 1.29 is 4.79 Å². The number of benzene rings is 1. The lowest BCUT2D eigenvalue weighted by Gasteiger charge is -2.36. The summed E-state index contributed by atoms with van der Waals surface area (Å²) in [5.74, 6) is 0.0315. The summed E-state index contributed by atoms with van der Waals surface area (Å²) in [6, 6.07) is 10.5. The van der Waals surface area contributed by atoms with E-state index in [1.54, 1.807) is 12.3 Å². The molecular formula is C19H24ClN3O. The zero-order valence-corrected chi connectivity index (χ0v) is 15.0. The van der Waals surface area contributed by atoms with Crippen LogP contribution in [0.1, 0.15) is 46.9 Å². The summed E-state index contributed by atoms with van der Waals surface area (Å²) >= 11 is 5.95. The van der Waals surface area contributed by atoms with Gasteiger partial charge in [0.2, 0.25) is 0 Å². The van der Waals surface area contributed by atoms with Gasteiger partial charge in [0.25, 0.3) is 5.91 Å². The number of nitrogens with one attached hydrogen (secondary N) is 1. The van der Waals surface area contributed by atoms with Crippen LogP contribution in [-0.4, -0.2) is 41.3 Å². The number of halogens is 1. The number of hydrogen-bond acceptors (Lipinski definition) is 2. The molecule has 0 radical (unpaired) electrons. The number of carbonyl (C=O) groups excluding carboxylic acids is 1. The molecule has 0 aliphatic carbocycles. The van der Waals surface area contributed by atoms with E-state index in [1.165, 1.54) is 11.1 Å². The smallest absolute Gasteiger partial charge is 0.270 e. The van der Waals surface area contributed by atoms with Crippen LogP contribution >= 0.6 is 11.6 Å². The highest BCUT2D eigenvalue weighted by Crippen LogP contribution is 2.32. The van der Waals surface area contributed by atoms with Crippen LogP contribution < -0.4 is 0 Å². The Morgan fingerprint density at radius 2 is 2.04 bits per heavy atom. The van der Waals surface area contributed by atoms with E-state index < -0.39 is 0 Å². The van der Waals surface area contributed by atoms with Crippen LogP contribution in [0.25, 0.3) is 0 Å². The summed E-state index contributed by atoms with van der Waals surface area (Å²) in [6.45, 7) is 1.72. The Bertz CT molecular complexity index is 693. The number of amides is 1. The summed E-state index contributed by atoms with van der Waals surface area (Å²) in [7, 11) is 4.13. The van der Waals surface area contributed by atoms with E-state index in [0.29, 0.717) is 10.7 Å². The Morgan fingerprint density at radius 1 is 1.29 bits per heavy atom. The highest BCUT2D eigenvalue weighted by molar-refractivity contribution is 6.30. The molecular weight excluding hydrogens is 322 g/mol. The first-order valence-corrected chi connectivity index (χ1v) is 8.81. The van der Waals surface area contributed by atoms with Gasteiger partial charge in [0.05, 0.1) is 11.1 Å². The predicted octanol–water partition coefficient (Wildman–Crippen LogP) is 4.10. The molecule has 1 saturated heterocycles. The second kappa shape index (κ2) is 7.41. The van der Waals surface area contributed by atoms with Crippen LogP contribution in [-0.2, 0) is 6.54 Å². The maximum absolute atomic E-state index is 12.8. The minimum absolute atomic E-state index is 0.0315. The van der Waals surface area contributed by atoms with Crippen LogP contribution in [0.15, 0.2) is 36.5 Å². The molecule has 1 aromatic carbocycles. The molecule has 1 fully saturated rings. The third-order valence-corrected chi connectivity index (χ3v) is 4.72. The average Bonchev–Trinajstić information content (AvgIpc) is 3.01. The molecule has 128 valence electrons. The number of piperidine rings is 1. The molecule has 24 heavy (non-hydrogen) atoms. The van der Waals surface area contributed by atoms with Crippen molar-refractivity contribution in [1.82, 2.24) is 14.8 Å². The second-order valence-electron chi connectivity index (χ2n) is 6.72. The molecule has 2 heterocycles. The van der Waals surface area contributed by atoms with Gasteiger partial charge >= 0.3 is 0 Å². The van der Waals surface area contributed by atoms with E-state index in [2.05, 4.69) is 48.2 Å². The molecule has 0 unspecified atom stereocenters. The molecule has 0 spiro atoms. The third kappa shape index (κ3) is 3.82. The van der Waals surface area contributed by atoms with E-state index in [1.807, 2.05) is 4.90 Å². The van der Waals surface area contributed by atoms with Crippen LogP contribution in [0.2, 0.25) is 5.02 Å². The van der Waals surface area contributed by atoms with E-state index in [-0.39, 0.29) is 11.9 Å². The van der Waals surface area contributed by atoms with Crippen LogP contribution in [0.4, 0.5) is 0 Å². The topological polar surface area (TPSA) is 39.3 Å². The Morgan fingerprint density at radius 3 is 2.67 bits per heavy atom. The van der Waals surface area contributed by atoms with Gasteiger partial charge in [-0.1, -0.05) is 35.9 Å². The minimum Gasteiger partial charge on any atom is -0.356 e. The van der Waals surface area contributed by atoms with Crippen molar-refractivity contribution in [3.63, 3.8) is 0 Å². The zero-order valence-electron chi connectivity index (χ0n) is 14.3. The summed E-state index contributed by atoms with van der Waals surface area (Å²) in [6.07, 6.45) is 4.87. The molecule has 1 aliphatic rings. The lowest BCUT2D eigenvalue weighted by Crippen LogP contribution is -2.38. The summed E-state index contributed by atoms with van der Waals surface area (Å²) in [4.78, 5) is 19.9. The molecule has 0 bridgehead atoms. The lowest BCUT2D eigenvalue weighted by molar-refractivity contribution is 0.0606. The SMILES string of the molecule is CN(C)Cc1ccc([C@@H]2CCCCN2C(=O)c2cc(Cl)c[nH]2)cc1. The lowest BCUT2D eigenvalue weighted by atomic mass is 9.94. The first-order valence-electron chi connectivity index (χ1n) is 8.43. The highest BCUT2D eigenvalue weighted by Gasteiger charge is 2.29. The van der Waals surface area contributed by atoms with Crippen molar-refractivity contribution >= 4 is 17.5 Å². The van der Waals surface area contributed by atoms with E-state index in [0.717, 1.165) is 32.4 Å². The molecule has 3 rings (SSSR count). The minimum atomic E-state index is 0.0315. The van der Waals surface area contributed by atoms with Crippen LogP contribution in [0.3, 0.4) is 0 Å². The van der Waals surface area contributed by atoms with Crippen LogP contribution in [0.5, 0.6) is 0 Å². The number of likely N-dealkylation sites (tertiary alicyclic amines) is 1. The highest BCUT2D eigenvalue weighted by atomic mass is 35.5. The largest absolute Gasteiger partial charge is 0.356 e. The van der Waals surface area contributed by atoms with E-state index in [9.17, 15) is 4.79 Å². The van der Waals surface area contributed by atoms with Gasteiger partial charge in [0.15, 0.2) is 0 Å². The van der Waals surface area contributed by atoms with Crippen molar-refractivity contribution in [3.8, 4) is 0 Å². The maximum Gasteiger partial charge on any atom is 0.270 e. The zero-order chi connectivity index (χ0) is 17.1. The number of H-pyrrole nitrogens is 1. The number of rotatable bonds is 4. The normalized spacial score (nSPS) is 18.2. The average molecular weight is 346 g/mol. The predicted molar refractivity (Wildman–Crippen MR) is 97.3 cm³/mol. The number of carbonyl (C=O) groups is 1. The van der Waals surface area contributed by atoms with Gasteiger partial charge in [-0.25, -0.2) is 0 Å². The number of hydrogen-bond donors (Lipinski definition) is 1.